The van der Waals surface area contributed by atoms with Crippen molar-refractivity contribution in [3.05, 3.63) is 77.4 Å². The van der Waals surface area contributed by atoms with Crippen molar-refractivity contribution in [3.8, 4) is 0 Å². The number of rotatable bonds is 7. The highest BCUT2D eigenvalue weighted by Crippen LogP contribution is 2.36. The molecular weight excluding hydrogens is 513 g/mol. The van der Waals surface area contributed by atoms with Gasteiger partial charge in [-0.1, -0.05) is 43.9 Å². The fourth-order valence-corrected chi connectivity index (χ4v) is 7.21. The highest BCUT2D eigenvalue weighted by Gasteiger charge is 2.36. The topological polar surface area (TPSA) is 69.3 Å². The van der Waals surface area contributed by atoms with Gasteiger partial charge in [-0.2, -0.15) is 17.5 Å². The molecule has 2 aliphatic rings. The molecule has 5 rings (SSSR count). The molecule has 1 aliphatic carbocycles. The summed E-state index contributed by atoms with van der Waals surface area (Å²) in [4.78, 5) is 9.79. The molecule has 2 aromatic carbocycles. The normalized spacial score (nSPS) is 19.5. The number of benzene rings is 2. The molecule has 0 spiro atoms. The van der Waals surface area contributed by atoms with Crippen molar-refractivity contribution in [2.75, 3.05) is 11.4 Å². The lowest BCUT2D eigenvalue weighted by Crippen LogP contribution is -2.43. The van der Waals surface area contributed by atoms with Crippen molar-refractivity contribution < 1.29 is 21.6 Å². The molecule has 1 aromatic heterocycles. The average Bonchev–Trinajstić information content (AvgIpc) is 3.52. The second-order valence-electron chi connectivity index (χ2n) is 10.4. The van der Waals surface area contributed by atoms with Gasteiger partial charge in [0.15, 0.2) is 0 Å². The predicted octanol–water partition coefficient (Wildman–Crippen LogP) is 6.29. The van der Waals surface area contributed by atoms with E-state index in [1.165, 1.54) is 30.0 Å². The maximum absolute atomic E-state index is 13.8. The fourth-order valence-electron chi connectivity index (χ4n) is 5.75. The highest BCUT2D eigenvalue weighted by molar-refractivity contribution is 7.89. The van der Waals surface area contributed by atoms with E-state index in [-0.39, 0.29) is 24.0 Å². The third-order valence-electron chi connectivity index (χ3n) is 7.96. The predicted molar refractivity (Wildman–Crippen MR) is 140 cm³/mol. The van der Waals surface area contributed by atoms with Gasteiger partial charge in [-0.3, -0.25) is 0 Å². The van der Waals surface area contributed by atoms with Crippen LogP contribution in [0.4, 0.5) is 18.9 Å². The number of sulfonamides is 1. The number of fused-ring (bicyclic) bond motifs is 1. The zero-order chi connectivity index (χ0) is 26.9. The van der Waals surface area contributed by atoms with Crippen molar-refractivity contribution in [2.45, 2.75) is 75.7 Å². The number of aromatic amines is 1. The van der Waals surface area contributed by atoms with Crippen molar-refractivity contribution in [1.29, 1.82) is 0 Å². The van der Waals surface area contributed by atoms with E-state index in [9.17, 15) is 21.6 Å². The highest BCUT2D eigenvalue weighted by atomic mass is 32.2. The molecule has 1 saturated carbocycles. The van der Waals surface area contributed by atoms with Crippen LogP contribution in [0, 0.1) is 12.8 Å². The summed E-state index contributed by atoms with van der Waals surface area (Å²) in [6.45, 7) is 2.90. The summed E-state index contributed by atoms with van der Waals surface area (Å²) in [6.07, 6.45) is 3.86. The fraction of sp³-hybridized carbons (Fsp3) is 0.464. The Labute approximate surface area is 221 Å². The Balaban J connectivity index is 1.50. The molecule has 3 aromatic rings. The quantitative estimate of drug-likeness (QED) is 0.378. The van der Waals surface area contributed by atoms with Gasteiger partial charge in [-0.05, 0) is 61.6 Å². The van der Waals surface area contributed by atoms with Crippen LogP contribution >= 0.6 is 0 Å². The monoisotopic (exact) mass is 546 g/mol. The Bertz CT molecular complexity index is 1350. The number of hydrogen-bond acceptors (Lipinski definition) is 4. The number of anilines is 1. The zero-order valence-electron chi connectivity index (χ0n) is 21.4. The number of nitrogens with one attached hydrogen (secondary N) is 1. The van der Waals surface area contributed by atoms with Crippen molar-refractivity contribution in [2.24, 2.45) is 5.92 Å². The third kappa shape index (κ3) is 5.61. The Morgan fingerprint density at radius 3 is 2.39 bits per heavy atom. The second kappa shape index (κ2) is 10.7. The molecule has 204 valence electrons. The molecule has 6 nitrogen and oxygen atoms in total. The SMILES string of the molecule is Cc1[nH]cnc1CN1c2ccccc2CN(S(=O)(=O)c2ccc(C(F)(F)F)cc2)C[C@@H]1CCC1CCCC1. The lowest BCUT2D eigenvalue weighted by atomic mass is 9.97. The summed E-state index contributed by atoms with van der Waals surface area (Å²) in [5.41, 5.74) is 2.84. The van der Waals surface area contributed by atoms with Crippen molar-refractivity contribution in [3.63, 3.8) is 0 Å². The van der Waals surface area contributed by atoms with Crippen LogP contribution in [0.2, 0.25) is 0 Å². The van der Waals surface area contributed by atoms with Gasteiger partial charge in [-0.15, -0.1) is 0 Å². The van der Waals surface area contributed by atoms with E-state index in [2.05, 4.69) is 14.9 Å². The summed E-state index contributed by atoms with van der Waals surface area (Å²) in [6, 6.07) is 11.5. The molecule has 1 N–H and O–H groups in total. The Hall–Kier alpha value is -2.85. The standard InChI is InChI=1S/C28H33F3N4O2S/c1-20-26(33-19-32-20)18-35-24(13-10-21-6-2-3-7-21)17-34(16-22-8-4-5-9-27(22)35)38(36,37)25-14-11-23(12-15-25)28(29,30)31/h4-5,8-9,11-12,14-15,19,21,24H,2-3,6-7,10,13,16-18H2,1H3,(H,32,33)/t24-/m0/s1. The van der Waals surface area contributed by atoms with Gasteiger partial charge >= 0.3 is 6.18 Å². The second-order valence-corrected chi connectivity index (χ2v) is 12.4. The Kier molecular flexibility index (Phi) is 7.55. The first-order valence-corrected chi connectivity index (χ1v) is 14.6. The van der Waals surface area contributed by atoms with Crippen LogP contribution in [-0.4, -0.2) is 35.3 Å². The summed E-state index contributed by atoms with van der Waals surface area (Å²) in [5.74, 6) is 0.641. The summed E-state index contributed by atoms with van der Waals surface area (Å²) < 4.78 is 68.4. The average molecular weight is 547 g/mol. The molecule has 38 heavy (non-hydrogen) atoms. The van der Waals surface area contributed by atoms with Gasteiger partial charge < -0.3 is 9.88 Å². The van der Waals surface area contributed by atoms with Crippen LogP contribution < -0.4 is 4.90 Å². The smallest absolute Gasteiger partial charge is 0.361 e. The number of aryl methyl sites for hydroxylation is 1. The van der Waals surface area contributed by atoms with Crippen LogP contribution in [0.5, 0.6) is 0 Å². The molecule has 10 heteroatoms. The van der Waals surface area contributed by atoms with E-state index in [1.807, 2.05) is 31.2 Å². The molecule has 0 bridgehead atoms. The molecule has 0 unspecified atom stereocenters. The number of alkyl halides is 3. The van der Waals surface area contributed by atoms with Gasteiger partial charge in [0.1, 0.15) is 0 Å². The zero-order valence-corrected chi connectivity index (χ0v) is 22.2. The largest absolute Gasteiger partial charge is 0.416 e. The first kappa shape index (κ1) is 26.7. The van der Waals surface area contributed by atoms with E-state index < -0.39 is 21.8 Å². The third-order valence-corrected chi connectivity index (χ3v) is 9.79. The molecule has 0 saturated heterocycles. The van der Waals surface area contributed by atoms with E-state index in [0.29, 0.717) is 12.5 Å². The number of hydrogen-bond donors (Lipinski definition) is 1. The number of aromatic nitrogens is 2. The number of para-hydroxylation sites is 1. The van der Waals surface area contributed by atoms with Gasteiger partial charge in [0.05, 0.1) is 29.0 Å². The number of nitrogens with zero attached hydrogens (tertiary/aromatic N) is 3. The molecular formula is C28H33F3N4O2S. The van der Waals surface area contributed by atoms with E-state index >= 15 is 0 Å². The van der Waals surface area contributed by atoms with Crippen LogP contribution in [0.15, 0.2) is 59.8 Å². The van der Waals surface area contributed by atoms with Crippen molar-refractivity contribution in [1.82, 2.24) is 14.3 Å². The number of imidazole rings is 1. The molecule has 2 heterocycles. The van der Waals surface area contributed by atoms with E-state index in [1.54, 1.807) is 6.33 Å². The molecule has 1 fully saturated rings. The minimum atomic E-state index is -4.53. The van der Waals surface area contributed by atoms with Gasteiger partial charge in [-0.25, -0.2) is 13.4 Å². The van der Waals surface area contributed by atoms with Gasteiger partial charge in [0, 0.05) is 30.5 Å². The van der Waals surface area contributed by atoms with E-state index in [4.69, 9.17) is 0 Å². The first-order chi connectivity index (χ1) is 18.1. The van der Waals surface area contributed by atoms with E-state index in [0.717, 1.165) is 59.7 Å². The maximum atomic E-state index is 13.8. The summed E-state index contributed by atoms with van der Waals surface area (Å²) >= 11 is 0. The molecule has 0 radical (unpaired) electrons. The molecule has 1 atom stereocenters. The molecule has 1 aliphatic heterocycles. The lowest BCUT2D eigenvalue weighted by Gasteiger charge is -2.34. The minimum Gasteiger partial charge on any atom is -0.361 e. The van der Waals surface area contributed by atoms with Crippen LogP contribution in [0.25, 0.3) is 0 Å². The number of H-pyrrole nitrogens is 1. The Morgan fingerprint density at radius 1 is 1.03 bits per heavy atom. The number of halogens is 3. The van der Waals surface area contributed by atoms with Crippen LogP contribution in [0.1, 0.15) is 61.0 Å². The first-order valence-electron chi connectivity index (χ1n) is 13.1. The Morgan fingerprint density at radius 2 is 1.74 bits per heavy atom. The van der Waals surface area contributed by atoms with Crippen LogP contribution in [0.3, 0.4) is 0 Å². The molecule has 0 amide bonds. The minimum absolute atomic E-state index is 0.112. The van der Waals surface area contributed by atoms with Crippen molar-refractivity contribution >= 4 is 15.7 Å². The van der Waals surface area contributed by atoms with Crippen LogP contribution in [-0.2, 0) is 29.3 Å². The lowest BCUT2D eigenvalue weighted by molar-refractivity contribution is -0.137. The summed E-state index contributed by atoms with van der Waals surface area (Å²) in [7, 11) is -4.04. The van der Waals surface area contributed by atoms with Gasteiger partial charge in [0.2, 0.25) is 10.0 Å². The van der Waals surface area contributed by atoms with Gasteiger partial charge in [0.25, 0.3) is 0 Å². The maximum Gasteiger partial charge on any atom is 0.416 e. The summed E-state index contributed by atoms with van der Waals surface area (Å²) in [5, 5.41) is 0.